The molecule has 0 fully saturated rings. The number of nitrogens with zero attached hydrogens (tertiary/aromatic N) is 2. The lowest BCUT2D eigenvalue weighted by Crippen LogP contribution is -2.48. The summed E-state index contributed by atoms with van der Waals surface area (Å²) in [5.74, 6) is 0.673. The van der Waals surface area contributed by atoms with Crippen LogP contribution < -0.4 is 19.1 Å². The molecule has 2 aromatic rings. The van der Waals surface area contributed by atoms with Crippen LogP contribution in [0.25, 0.3) is 0 Å². The van der Waals surface area contributed by atoms with Crippen LogP contribution in [0.2, 0.25) is 0 Å². The van der Waals surface area contributed by atoms with Gasteiger partial charge in [-0.25, -0.2) is 8.42 Å². The second-order valence-corrected chi connectivity index (χ2v) is 10.7. The average Bonchev–Trinajstić information content (AvgIpc) is 2.89. The van der Waals surface area contributed by atoms with Gasteiger partial charge in [-0.3, -0.25) is 13.9 Å². The second kappa shape index (κ2) is 14.5. The maximum Gasteiger partial charge on any atom is 0.242 e. The number of nitrogens with one attached hydrogen (secondary N) is 1. The largest absolute Gasteiger partial charge is 0.497 e. The number of hydrogen-bond acceptors (Lipinski definition) is 6. The van der Waals surface area contributed by atoms with Crippen LogP contribution in [0, 0.1) is 0 Å². The van der Waals surface area contributed by atoms with E-state index >= 15 is 0 Å². The molecule has 0 bridgehead atoms. The van der Waals surface area contributed by atoms with Crippen molar-refractivity contribution in [2.45, 2.75) is 52.1 Å². The normalized spacial score (nSPS) is 11.9. The fourth-order valence-electron chi connectivity index (χ4n) is 3.86. The van der Waals surface area contributed by atoms with Gasteiger partial charge in [-0.05, 0) is 49.6 Å². The van der Waals surface area contributed by atoms with Gasteiger partial charge in [0.2, 0.25) is 21.8 Å². The van der Waals surface area contributed by atoms with Crippen molar-refractivity contribution in [3.63, 3.8) is 0 Å². The number of carbonyl (C=O) groups is 2. The van der Waals surface area contributed by atoms with Gasteiger partial charge in [-0.2, -0.15) is 0 Å². The Hall–Kier alpha value is -3.27. The predicted molar refractivity (Wildman–Crippen MR) is 145 cm³/mol. The standard InChI is InChI=1S/C27H39N3O6S/c1-6-7-18-28-27(32)21(2)29(20-22-14-16-23(35-3)17-15-22)26(31)13-10-19-30(37(5,33)34)24-11-8-9-12-25(24)36-4/h8-9,11-12,14-17,21H,6-7,10,13,18-20H2,1-5H3,(H,28,32)/t21-/m1/s1. The Labute approximate surface area is 220 Å². The van der Waals surface area contributed by atoms with E-state index in [1.807, 2.05) is 19.1 Å². The molecule has 37 heavy (non-hydrogen) atoms. The fourth-order valence-corrected chi connectivity index (χ4v) is 4.83. The zero-order chi connectivity index (χ0) is 27.4. The first kappa shape index (κ1) is 30.0. The highest BCUT2D eigenvalue weighted by Gasteiger charge is 2.27. The molecule has 2 amide bonds. The van der Waals surface area contributed by atoms with E-state index in [0.29, 0.717) is 23.7 Å². The first-order chi connectivity index (χ1) is 17.6. The quantitative estimate of drug-likeness (QED) is 0.351. The lowest BCUT2D eigenvalue weighted by atomic mass is 10.1. The van der Waals surface area contributed by atoms with E-state index in [4.69, 9.17) is 9.47 Å². The van der Waals surface area contributed by atoms with Crippen molar-refractivity contribution in [1.82, 2.24) is 10.2 Å². The number of methoxy groups -OCH3 is 2. The van der Waals surface area contributed by atoms with Gasteiger partial charge in [0.1, 0.15) is 17.5 Å². The molecule has 0 heterocycles. The van der Waals surface area contributed by atoms with Gasteiger partial charge in [0, 0.05) is 26.1 Å². The Kier molecular flexibility index (Phi) is 11.7. The average molecular weight is 534 g/mol. The van der Waals surface area contributed by atoms with E-state index in [1.165, 1.54) is 16.3 Å². The van der Waals surface area contributed by atoms with E-state index in [2.05, 4.69) is 5.32 Å². The van der Waals surface area contributed by atoms with Gasteiger partial charge in [-0.15, -0.1) is 0 Å². The van der Waals surface area contributed by atoms with Gasteiger partial charge in [-0.1, -0.05) is 37.6 Å². The fraction of sp³-hybridized carbons (Fsp3) is 0.481. The first-order valence-corrected chi connectivity index (χ1v) is 14.3. The van der Waals surface area contributed by atoms with Crippen molar-refractivity contribution in [3.05, 3.63) is 54.1 Å². The number of unbranched alkanes of at least 4 members (excludes halogenated alkanes) is 1. The molecular weight excluding hydrogens is 494 g/mol. The molecule has 0 unspecified atom stereocenters. The molecule has 2 aromatic carbocycles. The Morgan fingerprint density at radius 1 is 1.00 bits per heavy atom. The minimum absolute atomic E-state index is 0.0733. The molecule has 0 aromatic heterocycles. The van der Waals surface area contributed by atoms with E-state index in [1.54, 1.807) is 50.4 Å². The zero-order valence-electron chi connectivity index (χ0n) is 22.4. The number of para-hydroxylation sites is 2. The summed E-state index contributed by atoms with van der Waals surface area (Å²) in [5.41, 5.74) is 1.27. The Bertz CT molecular complexity index is 1120. The predicted octanol–water partition coefficient (Wildman–Crippen LogP) is 3.58. The molecule has 0 radical (unpaired) electrons. The smallest absolute Gasteiger partial charge is 0.242 e. The topological polar surface area (TPSA) is 105 Å². The van der Waals surface area contributed by atoms with E-state index in [0.717, 1.165) is 24.7 Å². The molecular formula is C27H39N3O6S. The number of ether oxygens (including phenoxy) is 2. The molecule has 0 saturated carbocycles. The highest BCUT2D eigenvalue weighted by molar-refractivity contribution is 7.92. The number of hydrogen-bond donors (Lipinski definition) is 1. The monoisotopic (exact) mass is 533 g/mol. The molecule has 0 aliphatic rings. The van der Waals surface area contributed by atoms with Gasteiger partial charge >= 0.3 is 0 Å². The summed E-state index contributed by atoms with van der Waals surface area (Å²) in [4.78, 5) is 27.7. The SMILES string of the molecule is CCCCNC(=O)[C@@H](C)N(Cc1ccc(OC)cc1)C(=O)CCCN(c1ccccc1OC)S(C)(=O)=O. The second-order valence-electron chi connectivity index (χ2n) is 8.80. The summed E-state index contributed by atoms with van der Waals surface area (Å²) in [7, 11) is -0.553. The van der Waals surface area contributed by atoms with Gasteiger partial charge in [0.15, 0.2) is 0 Å². The third-order valence-corrected chi connectivity index (χ3v) is 7.19. The van der Waals surface area contributed by atoms with Gasteiger partial charge in [0.05, 0.1) is 26.2 Å². The minimum atomic E-state index is -3.61. The molecule has 0 saturated heterocycles. The lowest BCUT2D eigenvalue weighted by molar-refractivity contribution is -0.140. The van der Waals surface area contributed by atoms with Crippen LogP contribution >= 0.6 is 0 Å². The molecule has 1 atom stereocenters. The summed E-state index contributed by atoms with van der Waals surface area (Å²) in [6, 6.07) is 13.5. The van der Waals surface area contributed by atoms with Crippen LogP contribution in [0.15, 0.2) is 48.5 Å². The Morgan fingerprint density at radius 3 is 2.27 bits per heavy atom. The van der Waals surface area contributed by atoms with Gasteiger partial charge < -0.3 is 19.7 Å². The van der Waals surface area contributed by atoms with Crippen LogP contribution in [0.4, 0.5) is 5.69 Å². The third kappa shape index (κ3) is 8.96. The van der Waals surface area contributed by atoms with Crippen molar-refractivity contribution in [3.8, 4) is 11.5 Å². The van der Waals surface area contributed by atoms with Crippen LogP contribution in [0.5, 0.6) is 11.5 Å². The number of benzene rings is 2. The van der Waals surface area contributed by atoms with Crippen molar-refractivity contribution >= 4 is 27.5 Å². The van der Waals surface area contributed by atoms with Crippen LogP contribution in [0.1, 0.15) is 45.1 Å². The summed E-state index contributed by atoms with van der Waals surface area (Å²) in [6.45, 7) is 4.64. The first-order valence-electron chi connectivity index (χ1n) is 12.4. The summed E-state index contributed by atoms with van der Waals surface area (Å²) < 4.78 is 36.9. The highest BCUT2D eigenvalue weighted by atomic mass is 32.2. The minimum Gasteiger partial charge on any atom is -0.497 e. The van der Waals surface area contributed by atoms with Crippen LogP contribution in [-0.4, -0.2) is 64.7 Å². The highest BCUT2D eigenvalue weighted by Crippen LogP contribution is 2.29. The third-order valence-electron chi connectivity index (χ3n) is 6.01. The van der Waals surface area contributed by atoms with Crippen LogP contribution in [-0.2, 0) is 26.2 Å². The Balaban J connectivity index is 2.18. The molecule has 1 N–H and O–H groups in total. The van der Waals surface area contributed by atoms with E-state index in [9.17, 15) is 18.0 Å². The molecule has 10 heteroatoms. The number of carbonyl (C=O) groups excluding carboxylic acids is 2. The maximum atomic E-state index is 13.4. The molecule has 0 aliphatic heterocycles. The molecule has 9 nitrogen and oxygen atoms in total. The van der Waals surface area contributed by atoms with E-state index in [-0.39, 0.29) is 37.7 Å². The van der Waals surface area contributed by atoms with Crippen LogP contribution in [0.3, 0.4) is 0 Å². The molecule has 0 spiro atoms. The molecule has 2 rings (SSSR count). The van der Waals surface area contributed by atoms with Gasteiger partial charge in [0.25, 0.3) is 0 Å². The van der Waals surface area contributed by atoms with Crippen molar-refractivity contribution in [1.29, 1.82) is 0 Å². The maximum absolute atomic E-state index is 13.4. The van der Waals surface area contributed by atoms with E-state index < -0.39 is 16.1 Å². The molecule has 0 aliphatic carbocycles. The lowest BCUT2D eigenvalue weighted by Gasteiger charge is -2.29. The molecule has 204 valence electrons. The van der Waals surface area contributed by atoms with Crippen molar-refractivity contribution < 1.29 is 27.5 Å². The summed E-state index contributed by atoms with van der Waals surface area (Å²) in [5, 5.41) is 2.90. The summed E-state index contributed by atoms with van der Waals surface area (Å²) in [6.07, 6.45) is 3.28. The Morgan fingerprint density at radius 2 is 1.68 bits per heavy atom. The number of anilines is 1. The van der Waals surface area contributed by atoms with Crippen molar-refractivity contribution in [2.24, 2.45) is 0 Å². The van der Waals surface area contributed by atoms with Crippen molar-refractivity contribution in [2.75, 3.05) is 37.9 Å². The zero-order valence-corrected chi connectivity index (χ0v) is 23.2. The number of sulfonamides is 1. The number of rotatable bonds is 15. The number of amides is 2. The summed E-state index contributed by atoms with van der Waals surface area (Å²) >= 11 is 0.